The Morgan fingerprint density at radius 2 is 1.77 bits per heavy atom. The first-order valence-electron chi connectivity index (χ1n) is 10.0. The Labute approximate surface area is 180 Å². The Hall–Kier alpha value is -3.84. The number of hydrogen-bond donors (Lipinski definition) is 1. The molecule has 1 aliphatic heterocycles. The van der Waals surface area contributed by atoms with Gasteiger partial charge in [0.1, 0.15) is 0 Å². The molecular formula is C24H22N4O3. The second-order valence-corrected chi connectivity index (χ2v) is 7.24. The number of anilines is 1. The van der Waals surface area contributed by atoms with E-state index in [4.69, 9.17) is 5.11 Å². The highest BCUT2D eigenvalue weighted by Gasteiger charge is 2.21. The number of piperidine rings is 1. The summed E-state index contributed by atoms with van der Waals surface area (Å²) in [7, 11) is 0. The minimum atomic E-state index is -0.962. The summed E-state index contributed by atoms with van der Waals surface area (Å²) in [5, 5.41) is 12.6. The van der Waals surface area contributed by atoms with Crippen LogP contribution in [0.25, 0.3) is 17.3 Å². The molecule has 1 fully saturated rings. The Kier molecular flexibility index (Phi) is 6.14. The van der Waals surface area contributed by atoms with Crippen molar-refractivity contribution in [2.75, 3.05) is 18.1 Å². The first-order valence-corrected chi connectivity index (χ1v) is 10.0. The van der Waals surface area contributed by atoms with Gasteiger partial charge in [0.2, 0.25) is 6.41 Å². The van der Waals surface area contributed by atoms with Crippen LogP contribution in [0.15, 0.2) is 72.6 Å². The lowest BCUT2D eigenvalue weighted by molar-refractivity contribution is -0.110. The van der Waals surface area contributed by atoms with Crippen molar-refractivity contribution in [2.45, 2.75) is 12.8 Å². The van der Waals surface area contributed by atoms with Gasteiger partial charge in [-0.1, -0.05) is 23.8 Å². The zero-order valence-electron chi connectivity index (χ0n) is 16.9. The van der Waals surface area contributed by atoms with Crippen molar-refractivity contribution in [1.29, 1.82) is 0 Å². The molecule has 7 nitrogen and oxygen atoms in total. The number of aromatic carboxylic acids is 1. The Morgan fingerprint density at radius 1 is 1.00 bits per heavy atom. The molecule has 0 spiro atoms. The van der Waals surface area contributed by atoms with Crippen LogP contribution < -0.4 is 5.01 Å². The monoisotopic (exact) mass is 414 g/mol. The number of rotatable bonds is 6. The van der Waals surface area contributed by atoms with Gasteiger partial charge in [-0.2, -0.15) is 0 Å². The minimum absolute atomic E-state index is 0.231. The van der Waals surface area contributed by atoms with E-state index in [-0.39, 0.29) is 5.56 Å². The van der Waals surface area contributed by atoms with Crippen molar-refractivity contribution in [1.82, 2.24) is 15.0 Å². The second kappa shape index (κ2) is 9.32. The van der Waals surface area contributed by atoms with Crippen LogP contribution in [0.1, 0.15) is 28.9 Å². The van der Waals surface area contributed by atoms with Crippen molar-refractivity contribution in [3.8, 4) is 11.3 Å². The summed E-state index contributed by atoms with van der Waals surface area (Å²) in [5.74, 6) is -0.962. The number of carbonyl (C=O) groups is 2. The molecule has 2 aromatic heterocycles. The lowest BCUT2D eigenvalue weighted by Crippen LogP contribution is -2.45. The van der Waals surface area contributed by atoms with Crippen LogP contribution in [0.4, 0.5) is 5.69 Å². The molecule has 1 saturated heterocycles. The number of amides is 1. The molecule has 1 aliphatic rings. The summed E-state index contributed by atoms with van der Waals surface area (Å²) in [5.41, 5.74) is 4.72. The quantitative estimate of drug-likeness (QED) is 0.616. The number of hydrazine groups is 1. The lowest BCUT2D eigenvalue weighted by Gasteiger charge is -2.35. The third-order valence-electron chi connectivity index (χ3n) is 5.27. The standard InChI is InChI=1S/C24H22N4O3/c29-17-28(27-13-10-18(11-14-27)15-21-3-1-2-12-25-21)22-8-9-23(26-16-22)19-4-6-20(7-5-19)24(30)31/h1-9,12,15-17H,10-11,13-14H2,(H,30,31). The predicted octanol–water partition coefficient (Wildman–Crippen LogP) is 3.90. The Morgan fingerprint density at radius 3 is 2.35 bits per heavy atom. The maximum atomic E-state index is 11.8. The fraction of sp³-hybridized carbons (Fsp3) is 0.167. The van der Waals surface area contributed by atoms with E-state index < -0.39 is 5.97 Å². The van der Waals surface area contributed by atoms with Crippen molar-refractivity contribution in [3.05, 3.63) is 83.8 Å². The maximum absolute atomic E-state index is 11.8. The molecule has 0 aliphatic carbocycles. The van der Waals surface area contributed by atoms with Gasteiger partial charge in [-0.3, -0.25) is 14.8 Å². The molecule has 3 heterocycles. The average Bonchev–Trinajstić information content (AvgIpc) is 2.82. The highest BCUT2D eigenvalue weighted by Crippen LogP contribution is 2.25. The molecule has 3 aromatic rings. The Bertz CT molecular complexity index is 1070. The molecule has 1 amide bonds. The van der Waals surface area contributed by atoms with Crippen molar-refractivity contribution >= 4 is 24.1 Å². The molecule has 1 N–H and O–H groups in total. The van der Waals surface area contributed by atoms with Gasteiger partial charge < -0.3 is 5.11 Å². The molecule has 0 saturated carbocycles. The highest BCUT2D eigenvalue weighted by atomic mass is 16.4. The van der Waals surface area contributed by atoms with Gasteiger partial charge in [-0.05, 0) is 55.3 Å². The van der Waals surface area contributed by atoms with E-state index in [0.717, 1.165) is 43.6 Å². The number of carboxylic acid groups (broad SMARTS) is 1. The lowest BCUT2D eigenvalue weighted by atomic mass is 10.0. The average molecular weight is 414 g/mol. The van der Waals surface area contributed by atoms with Gasteiger partial charge in [-0.15, -0.1) is 0 Å². The minimum Gasteiger partial charge on any atom is -0.478 e. The summed E-state index contributed by atoms with van der Waals surface area (Å²) >= 11 is 0. The largest absolute Gasteiger partial charge is 0.478 e. The molecule has 156 valence electrons. The number of carboxylic acids is 1. The van der Waals surface area contributed by atoms with E-state index in [2.05, 4.69) is 16.0 Å². The summed E-state index contributed by atoms with van der Waals surface area (Å²) in [4.78, 5) is 31.6. The van der Waals surface area contributed by atoms with Crippen LogP contribution in [-0.2, 0) is 4.79 Å². The summed E-state index contributed by atoms with van der Waals surface area (Å²) in [6.07, 6.45) is 8.10. The number of pyridine rings is 2. The summed E-state index contributed by atoms with van der Waals surface area (Å²) in [6.45, 7) is 1.46. The number of nitrogens with zero attached hydrogens (tertiary/aromatic N) is 4. The van der Waals surface area contributed by atoms with Crippen LogP contribution in [0.5, 0.6) is 0 Å². The smallest absolute Gasteiger partial charge is 0.335 e. The highest BCUT2D eigenvalue weighted by molar-refractivity contribution is 5.88. The zero-order chi connectivity index (χ0) is 21.6. The van der Waals surface area contributed by atoms with Gasteiger partial charge in [0.25, 0.3) is 0 Å². The van der Waals surface area contributed by atoms with Crippen molar-refractivity contribution < 1.29 is 14.7 Å². The zero-order valence-corrected chi connectivity index (χ0v) is 16.9. The van der Waals surface area contributed by atoms with E-state index in [0.29, 0.717) is 11.4 Å². The summed E-state index contributed by atoms with van der Waals surface area (Å²) < 4.78 is 0. The molecule has 31 heavy (non-hydrogen) atoms. The molecule has 0 radical (unpaired) electrons. The van der Waals surface area contributed by atoms with Crippen LogP contribution in [0, 0.1) is 0 Å². The van der Waals surface area contributed by atoms with Crippen molar-refractivity contribution in [3.63, 3.8) is 0 Å². The molecule has 7 heteroatoms. The second-order valence-electron chi connectivity index (χ2n) is 7.24. The first kappa shape index (κ1) is 20.4. The van der Waals surface area contributed by atoms with Crippen LogP contribution in [0.2, 0.25) is 0 Å². The fourth-order valence-corrected chi connectivity index (χ4v) is 3.58. The predicted molar refractivity (Wildman–Crippen MR) is 118 cm³/mol. The van der Waals surface area contributed by atoms with E-state index in [1.807, 2.05) is 35.3 Å². The van der Waals surface area contributed by atoms with Crippen LogP contribution in [-0.4, -0.2) is 45.6 Å². The fourth-order valence-electron chi connectivity index (χ4n) is 3.58. The third kappa shape index (κ3) is 4.84. The molecule has 4 rings (SSSR count). The topological polar surface area (TPSA) is 86.6 Å². The number of benzene rings is 1. The van der Waals surface area contributed by atoms with E-state index in [1.54, 1.807) is 41.7 Å². The normalized spacial score (nSPS) is 14.1. The molecule has 0 unspecified atom stereocenters. The van der Waals surface area contributed by atoms with Gasteiger partial charge in [-0.25, -0.2) is 14.8 Å². The number of carbonyl (C=O) groups excluding carboxylic acids is 1. The Balaban J connectivity index is 1.43. The van der Waals surface area contributed by atoms with Gasteiger partial charge >= 0.3 is 5.97 Å². The number of hydrogen-bond acceptors (Lipinski definition) is 5. The SMILES string of the molecule is O=CN(c1ccc(-c2ccc(C(=O)O)cc2)nc1)N1CCC(=Cc2ccccn2)CC1. The number of aromatic nitrogens is 2. The van der Waals surface area contributed by atoms with Crippen LogP contribution in [0.3, 0.4) is 0 Å². The molecule has 0 bridgehead atoms. The first-order chi connectivity index (χ1) is 15.1. The van der Waals surface area contributed by atoms with E-state index in [9.17, 15) is 9.59 Å². The molecular weight excluding hydrogens is 392 g/mol. The maximum Gasteiger partial charge on any atom is 0.335 e. The van der Waals surface area contributed by atoms with E-state index >= 15 is 0 Å². The molecule has 0 atom stereocenters. The van der Waals surface area contributed by atoms with Crippen LogP contribution >= 0.6 is 0 Å². The third-order valence-corrected chi connectivity index (χ3v) is 5.27. The van der Waals surface area contributed by atoms with Gasteiger partial charge in [0.05, 0.1) is 28.8 Å². The van der Waals surface area contributed by atoms with Crippen molar-refractivity contribution in [2.24, 2.45) is 0 Å². The van der Waals surface area contributed by atoms with Gasteiger partial charge in [0, 0.05) is 24.8 Å². The van der Waals surface area contributed by atoms with E-state index in [1.165, 1.54) is 5.57 Å². The molecule has 1 aromatic carbocycles. The summed E-state index contributed by atoms with van der Waals surface area (Å²) in [6, 6.07) is 16.1. The van der Waals surface area contributed by atoms with Gasteiger partial charge in [0.15, 0.2) is 0 Å².